The molecular weight excluding hydrogens is 116 g/mol. The third kappa shape index (κ3) is 2.01. The minimum Gasteiger partial charge on any atom is -0.370 e. The van der Waals surface area contributed by atoms with Crippen LogP contribution in [0.3, 0.4) is 0 Å². The van der Waals surface area contributed by atoms with Crippen LogP contribution in [0.15, 0.2) is 0 Å². The van der Waals surface area contributed by atoms with Crippen LogP contribution in [-0.4, -0.2) is 11.9 Å². The first-order valence-electron chi connectivity index (χ1n) is 3.24. The Morgan fingerprint density at radius 2 is 2.22 bits per heavy atom. The Hall–Kier alpha value is -0.570. The third-order valence-electron chi connectivity index (χ3n) is 1.66. The molecule has 0 saturated heterocycles. The van der Waals surface area contributed by atoms with E-state index in [2.05, 4.69) is 0 Å². The summed E-state index contributed by atoms with van der Waals surface area (Å²) in [5.41, 5.74) is 10.5. The van der Waals surface area contributed by atoms with Gasteiger partial charge in [0.25, 0.3) is 0 Å². The first-order valence-corrected chi connectivity index (χ1v) is 3.24. The highest BCUT2D eigenvalue weighted by molar-refractivity contribution is 5.74. The van der Waals surface area contributed by atoms with Gasteiger partial charge in [0, 0.05) is 12.5 Å². The molecule has 3 heteroatoms. The maximum Gasteiger partial charge on any atom is 0.218 e. The van der Waals surface area contributed by atoms with E-state index in [1.54, 1.807) is 0 Å². The van der Waals surface area contributed by atoms with Crippen LogP contribution < -0.4 is 11.5 Å². The van der Waals surface area contributed by atoms with Gasteiger partial charge >= 0.3 is 0 Å². The maximum atomic E-state index is 10.3. The van der Waals surface area contributed by atoms with Gasteiger partial charge in [0.1, 0.15) is 0 Å². The molecule has 3 nitrogen and oxygen atoms in total. The molecule has 0 unspecified atom stereocenters. The fraction of sp³-hybridized carbons (Fsp3) is 0.833. The molecule has 1 saturated carbocycles. The number of primary amides is 1. The SMILES string of the molecule is NC(=O)C[C@H](N)C1CC1. The van der Waals surface area contributed by atoms with Crippen molar-refractivity contribution in [2.24, 2.45) is 17.4 Å². The van der Waals surface area contributed by atoms with Crippen LogP contribution in [0, 0.1) is 5.92 Å². The van der Waals surface area contributed by atoms with E-state index in [-0.39, 0.29) is 11.9 Å². The van der Waals surface area contributed by atoms with Gasteiger partial charge in [-0.1, -0.05) is 0 Å². The summed E-state index contributed by atoms with van der Waals surface area (Å²) in [5.74, 6) is 0.298. The first-order chi connectivity index (χ1) is 4.20. The summed E-state index contributed by atoms with van der Waals surface area (Å²) in [6.07, 6.45) is 2.70. The lowest BCUT2D eigenvalue weighted by molar-refractivity contribution is -0.118. The van der Waals surface area contributed by atoms with Gasteiger partial charge in [-0.3, -0.25) is 4.79 Å². The van der Waals surface area contributed by atoms with Gasteiger partial charge in [0.2, 0.25) is 5.91 Å². The van der Waals surface area contributed by atoms with E-state index < -0.39 is 0 Å². The van der Waals surface area contributed by atoms with Gasteiger partial charge in [-0.15, -0.1) is 0 Å². The van der Waals surface area contributed by atoms with Gasteiger partial charge in [-0.25, -0.2) is 0 Å². The lowest BCUT2D eigenvalue weighted by atomic mass is 10.1. The molecule has 1 atom stereocenters. The molecule has 1 fully saturated rings. The van der Waals surface area contributed by atoms with Crippen molar-refractivity contribution in [2.75, 3.05) is 0 Å². The van der Waals surface area contributed by atoms with Crippen molar-refractivity contribution in [3.8, 4) is 0 Å². The number of hydrogen-bond acceptors (Lipinski definition) is 2. The third-order valence-corrected chi connectivity index (χ3v) is 1.66. The molecule has 0 bridgehead atoms. The molecule has 0 heterocycles. The zero-order valence-corrected chi connectivity index (χ0v) is 5.34. The van der Waals surface area contributed by atoms with E-state index in [0.29, 0.717) is 12.3 Å². The van der Waals surface area contributed by atoms with Gasteiger partial charge in [0.15, 0.2) is 0 Å². The number of amides is 1. The predicted octanol–water partition coefficient (Wildman–Crippen LogP) is -0.401. The summed E-state index contributed by atoms with van der Waals surface area (Å²) in [6.45, 7) is 0. The normalized spacial score (nSPS) is 21.4. The van der Waals surface area contributed by atoms with Crippen molar-refractivity contribution in [1.29, 1.82) is 0 Å². The fourth-order valence-corrected chi connectivity index (χ4v) is 0.923. The second kappa shape index (κ2) is 2.35. The summed E-state index contributed by atoms with van der Waals surface area (Å²) < 4.78 is 0. The molecule has 1 rings (SSSR count). The highest BCUT2D eigenvalue weighted by atomic mass is 16.1. The lowest BCUT2D eigenvalue weighted by Gasteiger charge is -2.04. The monoisotopic (exact) mass is 128 g/mol. The molecule has 1 aliphatic carbocycles. The molecule has 1 aliphatic rings. The zero-order valence-electron chi connectivity index (χ0n) is 5.34. The van der Waals surface area contributed by atoms with Gasteiger partial charge < -0.3 is 11.5 Å². The molecule has 0 aromatic rings. The number of nitrogens with two attached hydrogens (primary N) is 2. The van der Waals surface area contributed by atoms with Gasteiger partial charge in [-0.2, -0.15) is 0 Å². The summed E-state index contributed by atoms with van der Waals surface area (Å²) in [6, 6.07) is 0.0301. The van der Waals surface area contributed by atoms with Gasteiger partial charge in [-0.05, 0) is 18.8 Å². The molecule has 9 heavy (non-hydrogen) atoms. The van der Waals surface area contributed by atoms with E-state index in [1.165, 1.54) is 12.8 Å². The fourth-order valence-electron chi connectivity index (χ4n) is 0.923. The van der Waals surface area contributed by atoms with Crippen molar-refractivity contribution < 1.29 is 4.79 Å². The van der Waals surface area contributed by atoms with Crippen molar-refractivity contribution in [2.45, 2.75) is 25.3 Å². The minimum atomic E-state index is -0.283. The summed E-state index contributed by atoms with van der Waals surface area (Å²) >= 11 is 0. The highest BCUT2D eigenvalue weighted by Crippen LogP contribution is 2.32. The highest BCUT2D eigenvalue weighted by Gasteiger charge is 2.28. The Bertz CT molecular complexity index is 120. The molecule has 1 amide bonds. The molecule has 52 valence electrons. The molecule has 4 N–H and O–H groups in total. The van der Waals surface area contributed by atoms with Crippen LogP contribution in [-0.2, 0) is 4.79 Å². The van der Waals surface area contributed by atoms with Crippen molar-refractivity contribution in [3.63, 3.8) is 0 Å². The van der Waals surface area contributed by atoms with E-state index in [1.807, 2.05) is 0 Å². The van der Waals surface area contributed by atoms with E-state index >= 15 is 0 Å². The van der Waals surface area contributed by atoms with E-state index in [4.69, 9.17) is 11.5 Å². The predicted molar refractivity (Wildman–Crippen MR) is 34.5 cm³/mol. The largest absolute Gasteiger partial charge is 0.370 e. The van der Waals surface area contributed by atoms with E-state index in [0.717, 1.165) is 0 Å². The smallest absolute Gasteiger partial charge is 0.218 e. The van der Waals surface area contributed by atoms with Crippen LogP contribution >= 0.6 is 0 Å². The Morgan fingerprint density at radius 1 is 1.67 bits per heavy atom. The van der Waals surface area contributed by atoms with Crippen LogP contribution in [0.1, 0.15) is 19.3 Å². The van der Waals surface area contributed by atoms with E-state index in [9.17, 15) is 4.79 Å². The Labute approximate surface area is 54.4 Å². The summed E-state index contributed by atoms with van der Waals surface area (Å²) in [5, 5.41) is 0. The molecule has 0 aromatic heterocycles. The maximum absolute atomic E-state index is 10.3. The van der Waals surface area contributed by atoms with Crippen LogP contribution in [0.2, 0.25) is 0 Å². The quantitative estimate of drug-likeness (QED) is 0.543. The average molecular weight is 128 g/mol. The molecule has 0 radical (unpaired) electrons. The minimum absolute atomic E-state index is 0.0301. The Kier molecular flexibility index (Phi) is 1.71. The van der Waals surface area contributed by atoms with Crippen LogP contribution in [0.4, 0.5) is 0 Å². The van der Waals surface area contributed by atoms with Crippen LogP contribution in [0.5, 0.6) is 0 Å². The lowest BCUT2D eigenvalue weighted by Crippen LogP contribution is -2.29. The zero-order chi connectivity index (χ0) is 6.85. The number of hydrogen-bond donors (Lipinski definition) is 2. The summed E-state index contributed by atoms with van der Waals surface area (Å²) in [7, 11) is 0. The Morgan fingerprint density at radius 3 is 2.56 bits per heavy atom. The van der Waals surface area contributed by atoms with Crippen LogP contribution in [0.25, 0.3) is 0 Å². The summed E-state index contributed by atoms with van der Waals surface area (Å²) in [4.78, 5) is 10.3. The van der Waals surface area contributed by atoms with Gasteiger partial charge in [0.05, 0.1) is 0 Å². The first kappa shape index (κ1) is 6.55. The molecule has 0 aliphatic heterocycles. The standard InChI is InChI=1S/C6H12N2O/c7-5(3-6(8)9)4-1-2-4/h4-5H,1-3,7H2,(H2,8,9)/t5-/m0/s1. The Balaban J connectivity index is 2.17. The average Bonchev–Trinajstić information content (AvgIpc) is 2.40. The number of carbonyl (C=O) groups excluding carboxylic acids is 1. The number of carbonyl (C=O) groups is 1. The van der Waals surface area contributed by atoms with Crippen molar-refractivity contribution in [3.05, 3.63) is 0 Å². The van der Waals surface area contributed by atoms with Crippen molar-refractivity contribution in [1.82, 2.24) is 0 Å². The molecule has 0 aromatic carbocycles. The molecular formula is C6H12N2O. The molecule has 0 spiro atoms. The topological polar surface area (TPSA) is 69.1 Å². The second-order valence-electron chi connectivity index (χ2n) is 2.67. The number of rotatable bonds is 3. The van der Waals surface area contributed by atoms with Crippen molar-refractivity contribution >= 4 is 5.91 Å². The second-order valence-corrected chi connectivity index (χ2v) is 2.67.